The molecule has 1 atom stereocenters. The molecule has 1 saturated carbocycles. The molecule has 1 aliphatic rings. The fourth-order valence-corrected chi connectivity index (χ4v) is 3.21. The summed E-state index contributed by atoms with van der Waals surface area (Å²) in [4.78, 5) is 24.0. The molecule has 0 unspecified atom stereocenters. The lowest BCUT2D eigenvalue weighted by atomic mass is 9.84. The highest BCUT2D eigenvalue weighted by atomic mass is 35.5. The van der Waals surface area contributed by atoms with E-state index in [0.717, 1.165) is 18.4 Å². The lowest BCUT2D eigenvalue weighted by Gasteiger charge is -2.26. The third kappa shape index (κ3) is 6.22. The number of alkyl carbamates (subject to hydrolysis) is 1. The van der Waals surface area contributed by atoms with Gasteiger partial charge in [-0.05, 0) is 17.9 Å². The smallest absolute Gasteiger partial charge is 0.408 e. The number of rotatable bonds is 7. The van der Waals surface area contributed by atoms with Gasteiger partial charge in [-0.15, -0.1) is 11.6 Å². The number of hydrogen-bond donors (Lipinski definition) is 1. The van der Waals surface area contributed by atoms with Crippen LogP contribution in [0.25, 0.3) is 0 Å². The maximum Gasteiger partial charge on any atom is 0.408 e. The molecular formula is C18H24ClNO3. The van der Waals surface area contributed by atoms with E-state index in [4.69, 9.17) is 16.3 Å². The minimum atomic E-state index is -0.562. The summed E-state index contributed by atoms with van der Waals surface area (Å²) in [5.41, 5.74) is 0.912. The summed E-state index contributed by atoms with van der Waals surface area (Å²) in [5.74, 6) is 0.250. The van der Waals surface area contributed by atoms with Crippen LogP contribution in [0.15, 0.2) is 30.3 Å². The van der Waals surface area contributed by atoms with E-state index in [9.17, 15) is 9.59 Å². The van der Waals surface area contributed by atoms with Crippen molar-refractivity contribution in [1.82, 2.24) is 5.32 Å². The van der Waals surface area contributed by atoms with E-state index in [0.29, 0.717) is 12.3 Å². The Morgan fingerprint density at radius 1 is 1.17 bits per heavy atom. The summed E-state index contributed by atoms with van der Waals surface area (Å²) < 4.78 is 5.20. The number of Topliss-reactive ketones (excluding diaryl/α,β-unsaturated/α-hetero) is 1. The van der Waals surface area contributed by atoms with E-state index in [-0.39, 0.29) is 18.3 Å². The highest BCUT2D eigenvalue weighted by Crippen LogP contribution is 2.27. The van der Waals surface area contributed by atoms with Gasteiger partial charge in [-0.2, -0.15) is 0 Å². The lowest BCUT2D eigenvalue weighted by Crippen LogP contribution is -2.43. The zero-order valence-electron chi connectivity index (χ0n) is 13.3. The molecule has 0 heterocycles. The third-order valence-corrected chi connectivity index (χ3v) is 4.58. The molecule has 0 spiro atoms. The SMILES string of the molecule is O=C(N[C@@H](CC1CCCCC1)C(=O)CCl)OCc1ccccc1. The number of hydrogen-bond acceptors (Lipinski definition) is 3. The molecule has 1 aliphatic carbocycles. The van der Waals surface area contributed by atoms with Crippen LogP contribution in [0.4, 0.5) is 4.79 Å². The molecule has 0 bridgehead atoms. The van der Waals surface area contributed by atoms with Gasteiger partial charge in [-0.1, -0.05) is 62.4 Å². The highest BCUT2D eigenvalue weighted by Gasteiger charge is 2.25. The number of ether oxygens (including phenoxy) is 1. The second-order valence-corrected chi connectivity index (χ2v) is 6.37. The molecule has 1 amide bonds. The van der Waals surface area contributed by atoms with Gasteiger partial charge in [0.25, 0.3) is 0 Å². The molecule has 4 nitrogen and oxygen atoms in total. The Kier molecular flexibility index (Phi) is 7.40. The van der Waals surface area contributed by atoms with Crippen molar-refractivity contribution in [2.24, 2.45) is 5.92 Å². The first-order chi connectivity index (χ1) is 11.2. The second kappa shape index (κ2) is 9.56. The minimum Gasteiger partial charge on any atom is -0.445 e. The van der Waals surface area contributed by atoms with Crippen molar-refractivity contribution in [3.8, 4) is 0 Å². The van der Waals surface area contributed by atoms with E-state index in [1.165, 1.54) is 19.3 Å². The van der Waals surface area contributed by atoms with E-state index in [1.54, 1.807) is 0 Å². The summed E-state index contributed by atoms with van der Waals surface area (Å²) in [5, 5.41) is 2.69. The average molecular weight is 338 g/mol. The van der Waals surface area contributed by atoms with Gasteiger partial charge in [0.05, 0.1) is 11.9 Å². The summed E-state index contributed by atoms with van der Waals surface area (Å²) >= 11 is 5.68. The zero-order chi connectivity index (χ0) is 16.5. The Morgan fingerprint density at radius 3 is 2.52 bits per heavy atom. The van der Waals surface area contributed by atoms with Crippen LogP contribution in [-0.2, 0) is 16.1 Å². The molecule has 0 saturated heterocycles. The predicted octanol–water partition coefficient (Wildman–Crippen LogP) is 4.06. The maximum absolute atomic E-state index is 12.0. The summed E-state index contributed by atoms with van der Waals surface area (Å²) in [6, 6.07) is 8.91. The zero-order valence-corrected chi connectivity index (χ0v) is 14.1. The average Bonchev–Trinajstić information content (AvgIpc) is 2.60. The fourth-order valence-electron chi connectivity index (χ4n) is 3.03. The molecule has 0 radical (unpaired) electrons. The van der Waals surface area contributed by atoms with E-state index >= 15 is 0 Å². The molecule has 126 valence electrons. The molecule has 2 rings (SSSR count). The quantitative estimate of drug-likeness (QED) is 0.763. The number of ketones is 1. The monoisotopic (exact) mass is 337 g/mol. The van der Waals surface area contributed by atoms with Crippen LogP contribution < -0.4 is 5.32 Å². The van der Waals surface area contributed by atoms with Gasteiger partial charge in [-0.3, -0.25) is 4.79 Å². The molecular weight excluding hydrogens is 314 g/mol. The van der Waals surface area contributed by atoms with Gasteiger partial charge in [0.2, 0.25) is 0 Å². The number of carbonyl (C=O) groups is 2. The van der Waals surface area contributed by atoms with E-state index in [2.05, 4.69) is 5.32 Å². The van der Waals surface area contributed by atoms with Crippen molar-refractivity contribution in [2.45, 2.75) is 51.2 Å². The standard InChI is InChI=1S/C18H24ClNO3/c19-12-17(21)16(11-14-7-3-1-4-8-14)20-18(22)23-13-15-9-5-2-6-10-15/h2,5-6,9-10,14,16H,1,3-4,7-8,11-13H2,(H,20,22)/t16-/m0/s1. The first-order valence-corrected chi connectivity index (χ1v) is 8.78. The summed E-state index contributed by atoms with van der Waals surface area (Å²) in [6.45, 7) is 0.192. The lowest BCUT2D eigenvalue weighted by molar-refractivity contribution is -0.119. The maximum atomic E-state index is 12.0. The van der Waals surface area contributed by atoms with Crippen molar-refractivity contribution in [2.75, 3.05) is 5.88 Å². The number of amides is 1. The van der Waals surface area contributed by atoms with Crippen LogP contribution in [-0.4, -0.2) is 23.8 Å². The topological polar surface area (TPSA) is 55.4 Å². The molecule has 1 aromatic carbocycles. The summed E-state index contributed by atoms with van der Waals surface area (Å²) in [7, 11) is 0. The van der Waals surface area contributed by atoms with Gasteiger partial charge in [-0.25, -0.2) is 4.79 Å². The Hall–Kier alpha value is -1.55. The third-order valence-electron chi connectivity index (χ3n) is 4.32. The van der Waals surface area contributed by atoms with Crippen molar-refractivity contribution in [3.05, 3.63) is 35.9 Å². The van der Waals surface area contributed by atoms with Crippen molar-refractivity contribution >= 4 is 23.5 Å². The first-order valence-electron chi connectivity index (χ1n) is 8.25. The molecule has 23 heavy (non-hydrogen) atoms. The number of carbonyl (C=O) groups excluding carboxylic acids is 2. The van der Waals surface area contributed by atoms with E-state index < -0.39 is 12.1 Å². The van der Waals surface area contributed by atoms with Crippen LogP contribution in [0.2, 0.25) is 0 Å². The molecule has 0 aromatic heterocycles. The van der Waals surface area contributed by atoms with Crippen LogP contribution in [0.5, 0.6) is 0 Å². The molecule has 1 N–H and O–H groups in total. The number of alkyl halides is 1. The van der Waals surface area contributed by atoms with Crippen LogP contribution in [0.1, 0.15) is 44.1 Å². The van der Waals surface area contributed by atoms with Gasteiger partial charge >= 0.3 is 6.09 Å². The van der Waals surface area contributed by atoms with Gasteiger partial charge in [0, 0.05) is 0 Å². The van der Waals surface area contributed by atoms with Gasteiger partial charge < -0.3 is 10.1 Å². The Morgan fingerprint density at radius 2 is 1.87 bits per heavy atom. The van der Waals surface area contributed by atoms with Crippen LogP contribution in [0.3, 0.4) is 0 Å². The van der Waals surface area contributed by atoms with E-state index in [1.807, 2.05) is 30.3 Å². The largest absolute Gasteiger partial charge is 0.445 e. The van der Waals surface area contributed by atoms with Gasteiger partial charge in [0.1, 0.15) is 6.61 Å². The first kappa shape index (κ1) is 17.8. The van der Waals surface area contributed by atoms with Crippen LogP contribution >= 0.6 is 11.6 Å². The highest BCUT2D eigenvalue weighted by molar-refractivity contribution is 6.28. The fraction of sp³-hybridized carbons (Fsp3) is 0.556. The Balaban J connectivity index is 1.83. The van der Waals surface area contributed by atoms with Crippen molar-refractivity contribution in [1.29, 1.82) is 0 Å². The predicted molar refractivity (Wildman–Crippen MR) is 90.5 cm³/mol. The number of nitrogens with one attached hydrogen (secondary N) is 1. The molecule has 5 heteroatoms. The molecule has 1 aromatic rings. The molecule has 1 fully saturated rings. The van der Waals surface area contributed by atoms with Gasteiger partial charge in [0.15, 0.2) is 5.78 Å². The van der Waals surface area contributed by atoms with Crippen LogP contribution in [0, 0.1) is 5.92 Å². The summed E-state index contributed by atoms with van der Waals surface area (Å²) in [6.07, 6.45) is 5.99. The minimum absolute atomic E-state index is 0.0870. The normalized spacial score (nSPS) is 16.6. The Labute approximate surface area is 142 Å². The Bertz CT molecular complexity index is 500. The number of benzene rings is 1. The molecule has 0 aliphatic heterocycles. The second-order valence-electron chi connectivity index (χ2n) is 6.10. The van der Waals surface area contributed by atoms with Crippen molar-refractivity contribution < 1.29 is 14.3 Å². The van der Waals surface area contributed by atoms with Crippen molar-refractivity contribution in [3.63, 3.8) is 0 Å². The number of halogens is 1.